The number of hydrogen-bond acceptors (Lipinski definition) is 3. The van der Waals surface area contributed by atoms with Gasteiger partial charge in [0.25, 0.3) is 5.91 Å². The van der Waals surface area contributed by atoms with Crippen LogP contribution in [0.2, 0.25) is 5.02 Å². The number of hydrogen-bond donors (Lipinski definition) is 1. The van der Waals surface area contributed by atoms with Gasteiger partial charge in [-0.2, -0.15) is 0 Å². The number of amides is 1. The number of halogens is 1. The molecule has 0 aliphatic rings. The highest BCUT2D eigenvalue weighted by molar-refractivity contribution is 6.30. The van der Waals surface area contributed by atoms with Crippen molar-refractivity contribution in [2.75, 3.05) is 19.8 Å². The average Bonchev–Trinajstić information content (AvgIpc) is 2.56. The predicted octanol–water partition coefficient (Wildman–Crippen LogP) is 3.48. The predicted molar refractivity (Wildman–Crippen MR) is 91.3 cm³/mol. The molecule has 1 amide bonds. The van der Waals surface area contributed by atoms with Crippen LogP contribution in [0.25, 0.3) is 0 Å². The van der Waals surface area contributed by atoms with Gasteiger partial charge in [-0.3, -0.25) is 4.79 Å². The van der Waals surface area contributed by atoms with Crippen molar-refractivity contribution in [3.63, 3.8) is 0 Å². The van der Waals surface area contributed by atoms with Crippen molar-refractivity contribution in [1.82, 2.24) is 5.32 Å². The normalized spacial score (nSPS) is 10.2. The maximum atomic E-state index is 11.7. The maximum Gasteiger partial charge on any atom is 0.257 e. The van der Waals surface area contributed by atoms with Crippen LogP contribution in [0.1, 0.15) is 12.5 Å². The summed E-state index contributed by atoms with van der Waals surface area (Å²) in [6.45, 7) is 3.11. The number of carbonyl (C=O) groups is 1. The first-order valence-corrected chi connectivity index (χ1v) is 7.92. The lowest BCUT2D eigenvalue weighted by Gasteiger charge is -2.08. The fourth-order valence-corrected chi connectivity index (χ4v) is 2.12. The third kappa shape index (κ3) is 6.20. The Labute approximate surface area is 141 Å². The second-order valence-corrected chi connectivity index (χ2v) is 5.36. The quantitative estimate of drug-likeness (QED) is 0.804. The highest BCUT2D eigenvalue weighted by atomic mass is 35.5. The molecule has 0 aliphatic carbocycles. The molecule has 2 aromatic rings. The van der Waals surface area contributed by atoms with Crippen LogP contribution >= 0.6 is 11.6 Å². The number of nitrogens with one attached hydrogen (secondary N) is 1. The van der Waals surface area contributed by atoms with E-state index >= 15 is 0 Å². The molecular formula is C18H20ClNO3. The lowest BCUT2D eigenvalue weighted by Crippen LogP contribution is -2.30. The SMILES string of the molecule is CCOc1ccc(OCC(=O)NCCc2ccc(Cl)cc2)cc1. The summed E-state index contributed by atoms with van der Waals surface area (Å²) in [5, 5.41) is 3.54. The topological polar surface area (TPSA) is 47.6 Å². The molecule has 0 bridgehead atoms. The molecule has 0 spiro atoms. The molecule has 2 aromatic carbocycles. The smallest absolute Gasteiger partial charge is 0.257 e. The van der Waals surface area contributed by atoms with Crippen LogP contribution in [0.3, 0.4) is 0 Å². The molecule has 0 atom stereocenters. The molecule has 4 nitrogen and oxygen atoms in total. The van der Waals surface area contributed by atoms with E-state index in [1.54, 1.807) is 12.1 Å². The Morgan fingerprint density at radius 2 is 1.61 bits per heavy atom. The monoisotopic (exact) mass is 333 g/mol. The summed E-state index contributed by atoms with van der Waals surface area (Å²) in [7, 11) is 0. The van der Waals surface area contributed by atoms with E-state index < -0.39 is 0 Å². The lowest BCUT2D eigenvalue weighted by molar-refractivity contribution is -0.123. The van der Waals surface area contributed by atoms with Crippen LogP contribution in [0.4, 0.5) is 0 Å². The van der Waals surface area contributed by atoms with Crippen LogP contribution in [0.15, 0.2) is 48.5 Å². The second-order valence-electron chi connectivity index (χ2n) is 4.92. The van der Waals surface area contributed by atoms with Gasteiger partial charge in [0.1, 0.15) is 11.5 Å². The van der Waals surface area contributed by atoms with E-state index in [-0.39, 0.29) is 12.5 Å². The van der Waals surface area contributed by atoms with Crippen LogP contribution in [-0.2, 0) is 11.2 Å². The summed E-state index contributed by atoms with van der Waals surface area (Å²) in [6.07, 6.45) is 0.756. The van der Waals surface area contributed by atoms with E-state index in [9.17, 15) is 4.79 Å². The number of benzene rings is 2. The molecule has 0 heterocycles. The zero-order valence-corrected chi connectivity index (χ0v) is 13.8. The van der Waals surface area contributed by atoms with Gasteiger partial charge in [-0.1, -0.05) is 23.7 Å². The summed E-state index contributed by atoms with van der Waals surface area (Å²) in [5.41, 5.74) is 1.13. The van der Waals surface area contributed by atoms with Gasteiger partial charge >= 0.3 is 0 Å². The number of carbonyl (C=O) groups excluding carboxylic acids is 1. The van der Waals surface area contributed by atoms with Crippen molar-refractivity contribution < 1.29 is 14.3 Å². The van der Waals surface area contributed by atoms with Gasteiger partial charge in [-0.25, -0.2) is 0 Å². The molecule has 122 valence electrons. The van der Waals surface area contributed by atoms with Crippen LogP contribution < -0.4 is 14.8 Å². The molecule has 0 fully saturated rings. The highest BCUT2D eigenvalue weighted by Crippen LogP contribution is 2.17. The Hall–Kier alpha value is -2.20. The first kappa shape index (κ1) is 17.2. The Morgan fingerprint density at radius 3 is 2.22 bits per heavy atom. The summed E-state index contributed by atoms with van der Waals surface area (Å²) in [5.74, 6) is 1.28. The first-order valence-electron chi connectivity index (χ1n) is 7.54. The molecule has 23 heavy (non-hydrogen) atoms. The Balaban J connectivity index is 1.67. The van der Waals surface area contributed by atoms with E-state index in [1.165, 1.54) is 0 Å². The van der Waals surface area contributed by atoms with Gasteiger partial charge < -0.3 is 14.8 Å². The minimum Gasteiger partial charge on any atom is -0.494 e. The molecule has 0 aliphatic heterocycles. The lowest BCUT2D eigenvalue weighted by atomic mass is 10.1. The number of ether oxygens (including phenoxy) is 2. The zero-order chi connectivity index (χ0) is 16.5. The molecule has 0 radical (unpaired) electrons. The van der Waals surface area contributed by atoms with Crippen molar-refractivity contribution in [2.45, 2.75) is 13.3 Å². The fourth-order valence-electron chi connectivity index (χ4n) is 2.00. The summed E-state index contributed by atoms with van der Waals surface area (Å²) in [6, 6.07) is 14.8. The van der Waals surface area contributed by atoms with Crippen LogP contribution in [-0.4, -0.2) is 25.7 Å². The van der Waals surface area contributed by atoms with Gasteiger partial charge in [-0.15, -0.1) is 0 Å². The van der Waals surface area contributed by atoms with E-state index in [0.717, 1.165) is 17.7 Å². The molecule has 5 heteroatoms. The fraction of sp³-hybridized carbons (Fsp3) is 0.278. The van der Waals surface area contributed by atoms with Crippen molar-refractivity contribution >= 4 is 17.5 Å². The Kier molecular flexibility index (Phi) is 6.76. The summed E-state index contributed by atoms with van der Waals surface area (Å²) in [4.78, 5) is 11.7. The summed E-state index contributed by atoms with van der Waals surface area (Å²) < 4.78 is 10.8. The standard InChI is InChI=1S/C18H20ClNO3/c1-2-22-16-7-9-17(10-8-16)23-13-18(21)20-12-11-14-3-5-15(19)6-4-14/h3-10H,2,11-13H2,1H3,(H,20,21). The van der Waals surface area contributed by atoms with Crippen molar-refractivity contribution in [3.8, 4) is 11.5 Å². The van der Waals surface area contributed by atoms with E-state index in [2.05, 4.69) is 5.32 Å². The molecule has 2 rings (SSSR count). The molecule has 0 unspecified atom stereocenters. The third-order valence-corrected chi connectivity index (χ3v) is 3.41. The van der Waals surface area contributed by atoms with Gasteiger partial charge in [0.05, 0.1) is 6.61 Å². The molecule has 0 saturated carbocycles. The molecule has 1 N–H and O–H groups in total. The van der Waals surface area contributed by atoms with E-state index in [0.29, 0.717) is 23.9 Å². The molecule has 0 aromatic heterocycles. The van der Waals surface area contributed by atoms with E-state index in [1.807, 2.05) is 43.3 Å². The molecule has 0 saturated heterocycles. The Morgan fingerprint density at radius 1 is 1.00 bits per heavy atom. The van der Waals surface area contributed by atoms with Gasteiger partial charge in [0.2, 0.25) is 0 Å². The van der Waals surface area contributed by atoms with Gasteiger partial charge in [-0.05, 0) is 55.3 Å². The Bertz CT molecular complexity index is 611. The minimum atomic E-state index is -0.146. The summed E-state index contributed by atoms with van der Waals surface area (Å²) >= 11 is 5.83. The highest BCUT2D eigenvalue weighted by Gasteiger charge is 2.03. The zero-order valence-electron chi connectivity index (χ0n) is 13.0. The molecular weight excluding hydrogens is 314 g/mol. The number of rotatable bonds is 8. The average molecular weight is 334 g/mol. The first-order chi connectivity index (χ1) is 11.2. The largest absolute Gasteiger partial charge is 0.494 e. The van der Waals surface area contributed by atoms with E-state index in [4.69, 9.17) is 21.1 Å². The van der Waals surface area contributed by atoms with Crippen LogP contribution in [0, 0.1) is 0 Å². The minimum absolute atomic E-state index is 0.00536. The van der Waals surface area contributed by atoms with Gasteiger partial charge in [0, 0.05) is 11.6 Å². The van der Waals surface area contributed by atoms with Crippen molar-refractivity contribution in [2.24, 2.45) is 0 Å². The third-order valence-electron chi connectivity index (χ3n) is 3.15. The van der Waals surface area contributed by atoms with Gasteiger partial charge in [0.15, 0.2) is 6.61 Å². The van der Waals surface area contributed by atoms with Crippen LogP contribution in [0.5, 0.6) is 11.5 Å². The van der Waals surface area contributed by atoms with Crippen molar-refractivity contribution in [1.29, 1.82) is 0 Å². The van der Waals surface area contributed by atoms with Crippen molar-refractivity contribution in [3.05, 3.63) is 59.1 Å². The second kappa shape index (κ2) is 9.06. The maximum absolute atomic E-state index is 11.7.